The van der Waals surface area contributed by atoms with Crippen molar-refractivity contribution in [1.29, 1.82) is 0 Å². The highest BCUT2D eigenvalue weighted by atomic mass is 79.9. The molecule has 3 N–H and O–H groups in total. The van der Waals surface area contributed by atoms with Crippen LogP contribution in [0.2, 0.25) is 0 Å². The number of piperidine rings is 1. The summed E-state index contributed by atoms with van der Waals surface area (Å²) in [4.78, 5) is 2.53. The molecule has 2 rings (SSSR count). The van der Waals surface area contributed by atoms with Crippen LogP contribution in [0.4, 0.5) is 5.69 Å². The zero-order valence-corrected chi connectivity index (χ0v) is 13.7. The molecule has 1 aliphatic rings. The highest BCUT2D eigenvalue weighted by Crippen LogP contribution is 2.22. The van der Waals surface area contributed by atoms with E-state index in [1.54, 1.807) is 6.07 Å². The van der Waals surface area contributed by atoms with Crippen molar-refractivity contribution in [2.75, 3.05) is 31.9 Å². The van der Waals surface area contributed by atoms with Crippen molar-refractivity contribution >= 4 is 31.6 Å². The van der Waals surface area contributed by atoms with Crippen molar-refractivity contribution < 1.29 is 8.42 Å². The molecule has 1 aromatic rings. The van der Waals surface area contributed by atoms with E-state index < -0.39 is 10.0 Å². The van der Waals surface area contributed by atoms with Crippen LogP contribution in [0.1, 0.15) is 19.3 Å². The molecule has 0 saturated carbocycles. The predicted molar refractivity (Wildman–Crippen MR) is 84.0 cm³/mol. The lowest BCUT2D eigenvalue weighted by Gasteiger charge is -2.26. The average molecular weight is 362 g/mol. The van der Waals surface area contributed by atoms with Gasteiger partial charge in [0, 0.05) is 23.2 Å². The van der Waals surface area contributed by atoms with Crippen LogP contribution in [0.3, 0.4) is 0 Å². The van der Waals surface area contributed by atoms with Gasteiger partial charge in [0.05, 0.1) is 4.90 Å². The third-order valence-corrected chi connectivity index (χ3v) is 5.60. The number of hydrogen-bond donors (Lipinski definition) is 2. The van der Waals surface area contributed by atoms with Crippen LogP contribution in [0.25, 0.3) is 0 Å². The maximum absolute atomic E-state index is 12.1. The molecule has 0 radical (unpaired) electrons. The van der Waals surface area contributed by atoms with E-state index in [1.807, 2.05) is 0 Å². The van der Waals surface area contributed by atoms with E-state index in [4.69, 9.17) is 5.73 Å². The van der Waals surface area contributed by atoms with E-state index in [2.05, 4.69) is 25.6 Å². The largest absolute Gasteiger partial charge is 0.398 e. The summed E-state index contributed by atoms with van der Waals surface area (Å²) in [5.41, 5.74) is 6.19. The summed E-state index contributed by atoms with van der Waals surface area (Å²) in [7, 11) is -3.46. The number of nitrogens with two attached hydrogens (primary N) is 1. The number of anilines is 1. The molecule has 1 saturated heterocycles. The van der Waals surface area contributed by atoms with E-state index in [1.165, 1.54) is 31.4 Å². The first-order valence-electron chi connectivity index (χ1n) is 6.76. The topological polar surface area (TPSA) is 75.4 Å². The smallest absolute Gasteiger partial charge is 0.240 e. The van der Waals surface area contributed by atoms with Gasteiger partial charge in [-0.25, -0.2) is 13.1 Å². The zero-order chi connectivity index (χ0) is 14.6. The highest BCUT2D eigenvalue weighted by Gasteiger charge is 2.16. The minimum Gasteiger partial charge on any atom is -0.398 e. The van der Waals surface area contributed by atoms with Gasteiger partial charge in [-0.2, -0.15) is 0 Å². The summed E-state index contributed by atoms with van der Waals surface area (Å²) < 4.78 is 27.5. The van der Waals surface area contributed by atoms with E-state index in [0.29, 0.717) is 16.7 Å². The third-order valence-electron chi connectivity index (χ3n) is 3.45. The zero-order valence-electron chi connectivity index (χ0n) is 11.3. The molecule has 1 heterocycles. The van der Waals surface area contributed by atoms with E-state index in [-0.39, 0.29) is 4.90 Å². The fourth-order valence-corrected chi connectivity index (χ4v) is 3.86. The van der Waals surface area contributed by atoms with Gasteiger partial charge in [0.1, 0.15) is 0 Å². The molecule has 0 amide bonds. The van der Waals surface area contributed by atoms with Crippen LogP contribution in [-0.4, -0.2) is 39.5 Å². The van der Waals surface area contributed by atoms with Gasteiger partial charge < -0.3 is 10.6 Å². The first-order valence-corrected chi connectivity index (χ1v) is 9.04. The monoisotopic (exact) mass is 361 g/mol. The molecule has 1 fully saturated rings. The van der Waals surface area contributed by atoms with E-state index in [9.17, 15) is 8.42 Å². The molecule has 112 valence electrons. The number of likely N-dealkylation sites (tertiary alicyclic amines) is 1. The number of sulfonamides is 1. The third kappa shape index (κ3) is 4.18. The van der Waals surface area contributed by atoms with Gasteiger partial charge in [0.15, 0.2) is 0 Å². The number of nitrogens with zero attached hydrogens (tertiary/aromatic N) is 1. The maximum Gasteiger partial charge on any atom is 0.240 e. The Morgan fingerprint density at radius 2 is 1.95 bits per heavy atom. The van der Waals surface area contributed by atoms with Gasteiger partial charge in [0.2, 0.25) is 10.0 Å². The van der Waals surface area contributed by atoms with Crippen molar-refractivity contribution in [3.8, 4) is 0 Å². The molecule has 0 aliphatic carbocycles. The van der Waals surface area contributed by atoms with Crippen LogP contribution in [0.15, 0.2) is 27.6 Å². The van der Waals surface area contributed by atoms with Gasteiger partial charge in [-0.1, -0.05) is 6.42 Å². The van der Waals surface area contributed by atoms with Gasteiger partial charge in [-0.05, 0) is 60.1 Å². The van der Waals surface area contributed by atoms with Crippen LogP contribution in [-0.2, 0) is 10.0 Å². The molecule has 0 unspecified atom stereocenters. The molecule has 5 nitrogen and oxygen atoms in total. The molecular formula is C13H20BrN3O2S. The molecule has 0 atom stereocenters. The number of halogens is 1. The van der Waals surface area contributed by atoms with Crippen molar-refractivity contribution in [3.05, 3.63) is 22.7 Å². The minimum absolute atomic E-state index is 0.234. The fraction of sp³-hybridized carbons (Fsp3) is 0.538. The second-order valence-electron chi connectivity index (χ2n) is 4.98. The minimum atomic E-state index is -3.46. The summed E-state index contributed by atoms with van der Waals surface area (Å²) in [5.74, 6) is 0. The second-order valence-corrected chi connectivity index (χ2v) is 7.60. The predicted octanol–water partition coefficient (Wildman–Crippen LogP) is 1.80. The molecule has 1 aromatic carbocycles. The second kappa shape index (κ2) is 6.89. The quantitative estimate of drug-likeness (QED) is 0.784. The molecule has 0 bridgehead atoms. The Kier molecular flexibility index (Phi) is 5.42. The van der Waals surface area contributed by atoms with E-state index >= 15 is 0 Å². The summed E-state index contributed by atoms with van der Waals surface area (Å²) in [6.07, 6.45) is 3.69. The number of benzene rings is 1. The summed E-state index contributed by atoms with van der Waals surface area (Å²) >= 11 is 3.24. The van der Waals surface area contributed by atoms with Gasteiger partial charge >= 0.3 is 0 Å². The van der Waals surface area contributed by atoms with Crippen molar-refractivity contribution in [2.24, 2.45) is 0 Å². The molecule has 0 aromatic heterocycles. The van der Waals surface area contributed by atoms with Crippen LogP contribution < -0.4 is 10.5 Å². The lowest BCUT2D eigenvalue weighted by Crippen LogP contribution is -2.37. The molecule has 0 spiro atoms. The van der Waals surface area contributed by atoms with Gasteiger partial charge in [-0.3, -0.25) is 0 Å². The average Bonchev–Trinajstić information content (AvgIpc) is 2.43. The number of nitrogens with one attached hydrogen (secondary N) is 1. The number of hydrogen-bond acceptors (Lipinski definition) is 4. The van der Waals surface area contributed by atoms with Crippen LogP contribution in [0, 0.1) is 0 Å². The number of rotatable bonds is 5. The fourth-order valence-electron chi connectivity index (χ4n) is 2.28. The maximum atomic E-state index is 12.1. The standard InChI is InChI=1S/C13H20BrN3O2S/c14-12-10-11(4-5-13(12)15)20(18,19)16-6-9-17-7-2-1-3-8-17/h4-5,10,16H,1-3,6-9,15H2. The van der Waals surface area contributed by atoms with Crippen LogP contribution in [0.5, 0.6) is 0 Å². The SMILES string of the molecule is Nc1ccc(S(=O)(=O)NCCN2CCCCC2)cc1Br. The van der Waals surface area contributed by atoms with Crippen molar-refractivity contribution in [2.45, 2.75) is 24.2 Å². The Labute approximate surface area is 128 Å². The lowest BCUT2D eigenvalue weighted by atomic mass is 10.1. The molecular weight excluding hydrogens is 342 g/mol. The Bertz CT molecular complexity index is 557. The highest BCUT2D eigenvalue weighted by molar-refractivity contribution is 9.10. The number of nitrogen functional groups attached to an aromatic ring is 1. The Morgan fingerprint density at radius 1 is 1.25 bits per heavy atom. The summed E-state index contributed by atoms with van der Waals surface area (Å²) in [6, 6.07) is 4.63. The van der Waals surface area contributed by atoms with Gasteiger partial charge in [0.25, 0.3) is 0 Å². The van der Waals surface area contributed by atoms with E-state index in [0.717, 1.165) is 19.6 Å². The molecule has 1 aliphatic heterocycles. The Morgan fingerprint density at radius 3 is 2.60 bits per heavy atom. The molecule has 20 heavy (non-hydrogen) atoms. The summed E-state index contributed by atoms with van der Waals surface area (Å²) in [6.45, 7) is 3.32. The van der Waals surface area contributed by atoms with Crippen LogP contribution >= 0.6 is 15.9 Å². The lowest BCUT2D eigenvalue weighted by molar-refractivity contribution is 0.233. The Hall–Kier alpha value is -0.630. The van der Waals surface area contributed by atoms with Crippen molar-refractivity contribution in [1.82, 2.24) is 9.62 Å². The normalized spacial score (nSPS) is 17.2. The summed E-state index contributed by atoms with van der Waals surface area (Å²) in [5, 5.41) is 0. The van der Waals surface area contributed by atoms with Crippen molar-refractivity contribution in [3.63, 3.8) is 0 Å². The Balaban J connectivity index is 1.91. The van der Waals surface area contributed by atoms with Gasteiger partial charge in [-0.15, -0.1) is 0 Å². The first-order chi connectivity index (χ1) is 9.49. The molecule has 7 heteroatoms. The first kappa shape index (κ1) is 15.8.